The quantitative estimate of drug-likeness (QED) is 0.797. The predicted molar refractivity (Wildman–Crippen MR) is 61.1 cm³/mol. The summed E-state index contributed by atoms with van der Waals surface area (Å²) in [6, 6.07) is 4.79. The Morgan fingerprint density at radius 2 is 1.95 bits per heavy atom. The van der Waals surface area contributed by atoms with Gasteiger partial charge >= 0.3 is 6.18 Å². The zero-order valence-corrected chi connectivity index (χ0v) is 10.1. The Morgan fingerprint density at radius 1 is 1.26 bits per heavy atom. The van der Waals surface area contributed by atoms with E-state index in [0.717, 1.165) is 12.1 Å². The van der Waals surface area contributed by atoms with Crippen molar-refractivity contribution in [1.82, 2.24) is 5.32 Å². The zero-order chi connectivity index (χ0) is 14.2. The predicted octanol–water partition coefficient (Wildman–Crippen LogP) is 2.47. The van der Waals surface area contributed by atoms with Gasteiger partial charge in [-0.15, -0.1) is 0 Å². The number of carbonyl (C=O) groups excluding carboxylic acids is 2. The molecule has 2 rings (SSSR count). The summed E-state index contributed by atoms with van der Waals surface area (Å²) in [7, 11) is 0. The highest BCUT2D eigenvalue weighted by molar-refractivity contribution is 5.99. The number of piperidine rings is 1. The molecule has 1 N–H and O–H groups in total. The number of nitrogens with one attached hydrogen (secondary N) is 1. The summed E-state index contributed by atoms with van der Waals surface area (Å²) in [5.41, 5.74) is -0.402. The van der Waals surface area contributed by atoms with Crippen LogP contribution in [0.1, 0.15) is 30.4 Å². The third-order valence-electron chi connectivity index (χ3n) is 3.33. The van der Waals surface area contributed by atoms with E-state index in [4.69, 9.17) is 0 Å². The molecule has 3 nitrogen and oxygen atoms in total. The number of rotatable bonds is 1. The van der Waals surface area contributed by atoms with E-state index in [1.807, 2.05) is 0 Å². The van der Waals surface area contributed by atoms with Gasteiger partial charge in [0.15, 0.2) is 0 Å². The average Bonchev–Trinajstić information content (AvgIpc) is 2.33. The summed E-state index contributed by atoms with van der Waals surface area (Å²) < 4.78 is 37.9. The molecule has 1 fully saturated rings. The summed E-state index contributed by atoms with van der Waals surface area (Å²) in [5.74, 6) is -1.94. The molecule has 1 aliphatic heterocycles. The number of imide groups is 1. The summed E-state index contributed by atoms with van der Waals surface area (Å²) in [6.07, 6.45) is -4.41. The van der Waals surface area contributed by atoms with Gasteiger partial charge in [-0.05, 0) is 11.6 Å². The molecule has 1 aliphatic rings. The molecule has 0 aromatic heterocycles. The van der Waals surface area contributed by atoms with Crippen LogP contribution in [0.5, 0.6) is 0 Å². The van der Waals surface area contributed by atoms with Crippen LogP contribution < -0.4 is 5.32 Å². The molecule has 1 aromatic rings. The van der Waals surface area contributed by atoms with Crippen LogP contribution in [0.4, 0.5) is 13.2 Å². The van der Waals surface area contributed by atoms with Gasteiger partial charge in [0.1, 0.15) is 0 Å². The molecule has 0 bridgehead atoms. The molecule has 0 saturated carbocycles. The molecule has 2 atom stereocenters. The number of alkyl halides is 3. The van der Waals surface area contributed by atoms with Crippen molar-refractivity contribution < 1.29 is 22.8 Å². The Hall–Kier alpha value is -1.85. The van der Waals surface area contributed by atoms with Crippen molar-refractivity contribution >= 4 is 11.8 Å². The van der Waals surface area contributed by atoms with E-state index in [1.54, 1.807) is 6.92 Å². The van der Waals surface area contributed by atoms with Crippen molar-refractivity contribution in [1.29, 1.82) is 0 Å². The third kappa shape index (κ3) is 2.77. The van der Waals surface area contributed by atoms with E-state index in [0.29, 0.717) is 5.56 Å². The summed E-state index contributed by atoms with van der Waals surface area (Å²) in [5, 5.41) is 2.17. The van der Waals surface area contributed by atoms with Crippen LogP contribution in [0.15, 0.2) is 24.3 Å². The van der Waals surface area contributed by atoms with Gasteiger partial charge in [-0.1, -0.05) is 25.1 Å². The van der Waals surface area contributed by atoms with Gasteiger partial charge in [0.05, 0.1) is 5.56 Å². The molecular formula is C13H12F3NO2. The van der Waals surface area contributed by atoms with E-state index in [-0.39, 0.29) is 6.42 Å². The average molecular weight is 271 g/mol. The fraction of sp³-hybridized carbons (Fsp3) is 0.385. The van der Waals surface area contributed by atoms with Crippen molar-refractivity contribution in [2.24, 2.45) is 5.92 Å². The molecule has 1 heterocycles. The second kappa shape index (κ2) is 4.68. The minimum atomic E-state index is -4.43. The highest BCUT2D eigenvalue weighted by Crippen LogP contribution is 2.35. The topological polar surface area (TPSA) is 46.2 Å². The van der Waals surface area contributed by atoms with Crippen molar-refractivity contribution in [2.75, 3.05) is 0 Å². The van der Waals surface area contributed by atoms with Crippen LogP contribution >= 0.6 is 0 Å². The van der Waals surface area contributed by atoms with Crippen molar-refractivity contribution in [3.8, 4) is 0 Å². The van der Waals surface area contributed by atoms with Gasteiger partial charge in [0.2, 0.25) is 11.8 Å². The fourth-order valence-electron chi connectivity index (χ4n) is 2.21. The monoisotopic (exact) mass is 271 g/mol. The number of hydrogen-bond donors (Lipinski definition) is 1. The van der Waals surface area contributed by atoms with Gasteiger partial charge in [-0.3, -0.25) is 14.9 Å². The van der Waals surface area contributed by atoms with Crippen LogP contribution in [-0.2, 0) is 15.8 Å². The Bertz CT molecular complexity index is 525. The van der Waals surface area contributed by atoms with Crippen LogP contribution in [0.3, 0.4) is 0 Å². The first kappa shape index (κ1) is 13.6. The maximum absolute atomic E-state index is 12.6. The lowest BCUT2D eigenvalue weighted by atomic mass is 9.81. The lowest BCUT2D eigenvalue weighted by molar-refractivity contribution is -0.137. The Balaban J connectivity index is 2.36. The number of benzene rings is 1. The Labute approximate surface area is 107 Å². The number of carbonyl (C=O) groups is 2. The fourth-order valence-corrected chi connectivity index (χ4v) is 2.21. The molecule has 1 aromatic carbocycles. The molecule has 2 unspecified atom stereocenters. The van der Waals surface area contributed by atoms with E-state index in [2.05, 4.69) is 5.32 Å². The van der Waals surface area contributed by atoms with Crippen molar-refractivity contribution in [3.05, 3.63) is 35.4 Å². The van der Waals surface area contributed by atoms with Crippen LogP contribution in [0.25, 0.3) is 0 Å². The van der Waals surface area contributed by atoms with Crippen LogP contribution in [0, 0.1) is 5.92 Å². The van der Waals surface area contributed by atoms with Crippen LogP contribution in [0.2, 0.25) is 0 Å². The first-order valence-corrected chi connectivity index (χ1v) is 5.80. The molecule has 0 aliphatic carbocycles. The van der Waals surface area contributed by atoms with E-state index in [9.17, 15) is 22.8 Å². The second-order valence-corrected chi connectivity index (χ2v) is 4.63. The SMILES string of the molecule is CC1C(=O)NC(=O)CC1c1cccc(C(F)(F)F)c1. The summed E-state index contributed by atoms with van der Waals surface area (Å²) >= 11 is 0. The molecule has 19 heavy (non-hydrogen) atoms. The minimum Gasteiger partial charge on any atom is -0.296 e. The minimum absolute atomic E-state index is 0.0220. The van der Waals surface area contributed by atoms with Gasteiger partial charge < -0.3 is 0 Å². The van der Waals surface area contributed by atoms with E-state index in [1.165, 1.54) is 12.1 Å². The maximum Gasteiger partial charge on any atom is 0.416 e. The lowest BCUT2D eigenvalue weighted by Crippen LogP contribution is -2.43. The smallest absolute Gasteiger partial charge is 0.296 e. The highest BCUT2D eigenvalue weighted by atomic mass is 19.4. The first-order chi connectivity index (χ1) is 8.79. The summed E-state index contributed by atoms with van der Waals surface area (Å²) in [6.45, 7) is 1.60. The van der Waals surface area contributed by atoms with Gasteiger partial charge in [0.25, 0.3) is 0 Å². The van der Waals surface area contributed by atoms with Crippen molar-refractivity contribution in [3.63, 3.8) is 0 Å². The standard InChI is InChI=1S/C13H12F3NO2/c1-7-10(6-11(18)17-12(7)19)8-3-2-4-9(5-8)13(14,15)16/h2-5,7,10H,6H2,1H3,(H,17,18,19). The first-order valence-electron chi connectivity index (χ1n) is 5.80. The second-order valence-electron chi connectivity index (χ2n) is 4.63. The van der Waals surface area contributed by atoms with Crippen molar-refractivity contribution in [2.45, 2.75) is 25.4 Å². The molecule has 0 radical (unpaired) electrons. The Kier molecular flexibility index (Phi) is 3.34. The number of amides is 2. The highest BCUT2D eigenvalue weighted by Gasteiger charge is 2.35. The normalized spacial score (nSPS) is 24.2. The molecule has 0 spiro atoms. The van der Waals surface area contributed by atoms with Gasteiger partial charge in [0, 0.05) is 18.3 Å². The largest absolute Gasteiger partial charge is 0.416 e. The molecule has 2 amide bonds. The van der Waals surface area contributed by atoms with Crippen LogP contribution in [-0.4, -0.2) is 11.8 Å². The third-order valence-corrected chi connectivity index (χ3v) is 3.33. The van der Waals surface area contributed by atoms with Gasteiger partial charge in [-0.25, -0.2) is 0 Å². The van der Waals surface area contributed by atoms with E-state index >= 15 is 0 Å². The zero-order valence-electron chi connectivity index (χ0n) is 10.1. The molecule has 102 valence electrons. The Morgan fingerprint density at radius 3 is 2.58 bits per heavy atom. The number of halogens is 3. The molecule has 1 saturated heterocycles. The lowest BCUT2D eigenvalue weighted by Gasteiger charge is -2.28. The molecular weight excluding hydrogens is 259 g/mol. The molecule has 6 heteroatoms. The number of hydrogen-bond acceptors (Lipinski definition) is 2. The maximum atomic E-state index is 12.6. The summed E-state index contributed by atoms with van der Waals surface area (Å²) in [4.78, 5) is 22.8. The van der Waals surface area contributed by atoms with E-state index < -0.39 is 35.4 Å². The van der Waals surface area contributed by atoms with Gasteiger partial charge in [-0.2, -0.15) is 13.2 Å².